The number of hydrogen-bond acceptors (Lipinski definition) is 2. The Morgan fingerprint density at radius 3 is 2.57 bits per heavy atom. The second kappa shape index (κ2) is 5.80. The number of aryl methyl sites for hydroxylation is 2. The maximum Gasteiger partial charge on any atom is 0.227 e. The Balaban J connectivity index is 1.65. The van der Waals surface area contributed by atoms with Crippen LogP contribution in [0.15, 0.2) is 24.3 Å². The Labute approximate surface area is 135 Å². The first kappa shape index (κ1) is 15.7. The second-order valence-corrected chi connectivity index (χ2v) is 6.44. The summed E-state index contributed by atoms with van der Waals surface area (Å²) in [6.07, 6.45) is 0.912. The summed E-state index contributed by atoms with van der Waals surface area (Å²) in [6.45, 7) is 5.84. The number of hydrogen-bond donors (Lipinski definition) is 1. The van der Waals surface area contributed by atoms with E-state index in [4.69, 9.17) is 0 Å². The van der Waals surface area contributed by atoms with E-state index in [1.54, 1.807) is 12.1 Å². The molecule has 122 valence electrons. The average molecular weight is 315 g/mol. The van der Waals surface area contributed by atoms with Crippen LogP contribution in [0.1, 0.15) is 47.7 Å². The standard InChI is InChI=1S/C18H22FN3O/c1-10(17-11(2)21-22(4)12(17)3)18(23)20-16-9-15(16)13-5-7-14(19)8-6-13/h5-8,10,15-16H,9H2,1-4H3,(H,20,23)/t10-,15+,16+/m0/s1. The van der Waals surface area contributed by atoms with Crippen molar-refractivity contribution in [3.63, 3.8) is 0 Å². The molecule has 4 nitrogen and oxygen atoms in total. The fourth-order valence-electron chi connectivity index (χ4n) is 3.29. The van der Waals surface area contributed by atoms with Crippen LogP contribution < -0.4 is 5.32 Å². The summed E-state index contributed by atoms with van der Waals surface area (Å²) < 4.78 is 14.8. The van der Waals surface area contributed by atoms with E-state index in [0.29, 0.717) is 5.92 Å². The van der Waals surface area contributed by atoms with Crippen LogP contribution in [0, 0.1) is 19.7 Å². The fraction of sp³-hybridized carbons (Fsp3) is 0.444. The van der Waals surface area contributed by atoms with Crippen molar-refractivity contribution in [2.24, 2.45) is 7.05 Å². The van der Waals surface area contributed by atoms with E-state index in [0.717, 1.165) is 28.9 Å². The molecule has 3 atom stereocenters. The van der Waals surface area contributed by atoms with Gasteiger partial charge >= 0.3 is 0 Å². The molecule has 23 heavy (non-hydrogen) atoms. The molecule has 0 spiro atoms. The number of benzene rings is 1. The van der Waals surface area contributed by atoms with E-state index in [-0.39, 0.29) is 23.7 Å². The highest BCUT2D eigenvalue weighted by atomic mass is 19.1. The van der Waals surface area contributed by atoms with Gasteiger partial charge in [-0.3, -0.25) is 9.48 Å². The molecule has 0 unspecified atom stereocenters. The number of carbonyl (C=O) groups excluding carboxylic acids is 1. The van der Waals surface area contributed by atoms with Crippen LogP contribution >= 0.6 is 0 Å². The minimum Gasteiger partial charge on any atom is -0.352 e. The number of rotatable bonds is 4. The van der Waals surface area contributed by atoms with E-state index < -0.39 is 0 Å². The Kier molecular flexibility index (Phi) is 3.96. The molecule has 5 heteroatoms. The number of aromatic nitrogens is 2. The molecule has 0 radical (unpaired) electrons. The van der Waals surface area contributed by atoms with E-state index in [2.05, 4.69) is 10.4 Å². The van der Waals surface area contributed by atoms with Gasteiger partial charge in [0.05, 0.1) is 11.6 Å². The fourth-order valence-corrected chi connectivity index (χ4v) is 3.29. The summed E-state index contributed by atoms with van der Waals surface area (Å²) >= 11 is 0. The third kappa shape index (κ3) is 3.00. The first-order chi connectivity index (χ1) is 10.9. The summed E-state index contributed by atoms with van der Waals surface area (Å²) in [5.74, 6) is -0.133. The van der Waals surface area contributed by atoms with Gasteiger partial charge in [-0.05, 0) is 44.9 Å². The number of amides is 1. The summed E-state index contributed by atoms with van der Waals surface area (Å²) in [5, 5.41) is 7.49. The summed E-state index contributed by atoms with van der Waals surface area (Å²) in [4.78, 5) is 12.5. The normalized spacial score (nSPS) is 21.1. The lowest BCUT2D eigenvalue weighted by atomic mass is 9.98. The molecule has 1 aliphatic rings. The van der Waals surface area contributed by atoms with Crippen LogP contribution in [-0.4, -0.2) is 21.7 Å². The van der Waals surface area contributed by atoms with Crippen LogP contribution in [0.25, 0.3) is 0 Å². The van der Waals surface area contributed by atoms with Crippen LogP contribution in [0.2, 0.25) is 0 Å². The zero-order valence-electron chi connectivity index (χ0n) is 13.9. The van der Waals surface area contributed by atoms with Gasteiger partial charge in [-0.1, -0.05) is 12.1 Å². The second-order valence-electron chi connectivity index (χ2n) is 6.44. The average Bonchev–Trinajstić information content (AvgIpc) is 3.21. The summed E-state index contributed by atoms with van der Waals surface area (Å²) in [7, 11) is 1.89. The molecule has 2 aromatic rings. The highest BCUT2D eigenvalue weighted by Crippen LogP contribution is 2.41. The predicted octanol–water partition coefficient (Wildman–Crippen LogP) is 2.95. The lowest BCUT2D eigenvalue weighted by Crippen LogP contribution is -2.31. The van der Waals surface area contributed by atoms with Crippen molar-refractivity contribution in [3.8, 4) is 0 Å². The highest BCUT2D eigenvalue weighted by molar-refractivity contribution is 5.84. The van der Waals surface area contributed by atoms with Crippen molar-refractivity contribution in [1.82, 2.24) is 15.1 Å². The number of nitrogens with one attached hydrogen (secondary N) is 1. The van der Waals surface area contributed by atoms with Crippen LogP contribution in [-0.2, 0) is 11.8 Å². The molecule has 0 bridgehead atoms. The lowest BCUT2D eigenvalue weighted by Gasteiger charge is -2.13. The minimum atomic E-state index is -0.230. The maximum absolute atomic E-state index is 13.0. The van der Waals surface area contributed by atoms with Crippen molar-refractivity contribution in [3.05, 3.63) is 52.6 Å². The molecule has 1 aromatic heterocycles. The SMILES string of the molecule is Cc1nn(C)c(C)c1[C@H](C)C(=O)N[C@@H]1C[C@@H]1c1ccc(F)cc1. The third-order valence-corrected chi connectivity index (χ3v) is 4.81. The molecule has 3 rings (SSSR count). The Morgan fingerprint density at radius 1 is 1.35 bits per heavy atom. The lowest BCUT2D eigenvalue weighted by molar-refractivity contribution is -0.122. The molecule has 0 saturated heterocycles. The van der Waals surface area contributed by atoms with Gasteiger partial charge in [-0.2, -0.15) is 5.10 Å². The first-order valence-corrected chi connectivity index (χ1v) is 7.94. The minimum absolute atomic E-state index is 0.0267. The largest absolute Gasteiger partial charge is 0.352 e. The third-order valence-electron chi connectivity index (χ3n) is 4.81. The van der Waals surface area contributed by atoms with E-state index in [1.807, 2.05) is 32.5 Å². The van der Waals surface area contributed by atoms with Gasteiger partial charge in [0.2, 0.25) is 5.91 Å². The highest BCUT2D eigenvalue weighted by Gasteiger charge is 2.40. The van der Waals surface area contributed by atoms with E-state index >= 15 is 0 Å². The molecule has 1 amide bonds. The summed E-state index contributed by atoms with van der Waals surface area (Å²) in [5.41, 5.74) is 4.01. The molecular formula is C18H22FN3O. The van der Waals surface area contributed by atoms with Crippen LogP contribution in [0.5, 0.6) is 0 Å². The Hall–Kier alpha value is -2.17. The molecule has 0 aliphatic heterocycles. The van der Waals surface area contributed by atoms with Crippen LogP contribution in [0.4, 0.5) is 4.39 Å². The Bertz CT molecular complexity index is 735. The molecular weight excluding hydrogens is 293 g/mol. The predicted molar refractivity (Wildman–Crippen MR) is 86.8 cm³/mol. The maximum atomic E-state index is 13.0. The molecule has 1 aromatic carbocycles. The molecule has 1 fully saturated rings. The quantitative estimate of drug-likeness (QED) is 0.943. The van der Waals surface area contributed by atoms with Crippen molar-refractivity contribution in [2.45, 2.75) is 45.1 Å². The zero-order valence-corrected chi connectivity index (χ0v) is 13.9. The molecule has 1 heterocycles. The van der Waals surface area contributed by atoms with Crippen LogP contribution in [0.3, 0.4) is 0 Å². The van der Waals surface area contributed by atoms with Gasteiger partial charge in [0.1, 0.15) is 5.82 Å². The van der Waals surface area contributed by atoms with E-state index in [1.165, 1.54) is 12.1 Å². The number of nitrogens with zero attached hydrogens (tertiary/aromatic N) is 2. The smallest absolute Gasteiger partial charge is 0.227 e. The van der Waals surface area contributed by atoms with Gasteiger partial charge in [0.15, 0.2) is 0 Å². The Morgan fingerprint density at radius 2 is 2.00 bits per heavy atom. The van der Waals surface area contributed by atoms with Gasteiger partial charge in [-0.15, -0.1) is 0 Å². The van der Waals surface area contributed by atoms with Gasteiger partial charge in [0, 0.05) is 30.3 Å². The van der Waals surface area contributed by atoms with Crippen molar-refractivity contribution in [2.75, 3.05) is 0 Å². The zero-order chi connectivity index (χ0) is 16.7. The molecule has 1 saturated carbocycles. The van der Waals surface area contributed by atoms with Gasteiger partial charge in [0.25, 0.3) is 0 Å². The molecule has 1 aliphatic carbocycles. The van der Waals surface area contributed by atoms with Crippen molar-refractivity contribution < 1.29 is 9.18 Å². The van der Waals surface area contributed by atoms with E-state index in [9.17, 15) is 9.18 Å². The van der Waals surface area contributed by atoms with Crippen molar-refractivity contribution >= 4 is 5.91 Å². The monoisotopic (exact) mass is 315 g/mol. The first-order valence-electron chi connectivity index (χ1n) is 7.94. The number of halogens is 1. The summed E-state index contributed by atoms with van der Waals surface area (Å²) in [6, 6.07) is 6.68. The number of carbonyl (C=O) groups is 1. The van der Waals surface area contributed by atoms with Crippen molar-refractivity contribution in [1.29, 1.82) is 0 Å². The van der Waals surface area contributed by atoms with Gasteiger partial charge < -0.3 is 5.32 Å². The molecule has 1 N–H and O–H groups in total. The van der Waals surface area contributed by atoms with Gasteiger partial charge in [-0.25, -0.2) is 4.39 Å². The topological polar surface area (TPSA) is 46.9 Å².